The Bertz CT molecular complexity index is 345. The maximum absolute atomic E-state index is 13.0. The Balaban J connectivity index is 2.68. The third-order valence-electron chi connectivity index (χ3n) is 1.74. The van der Waals surface area contributed by atoms with E-state index >= 15 is 0 Å². The van der Waals surface area contributed by atoms with E-state index in [0.29, 0.717) is 22.5 Å². The van der Waals surface area contributed by atoms with Gasteiger partial charge in [0, 0.05) is 16.6 Å². The molecular formula is C11H13BrFNO. The van der Waals surface area contributed by atoms with Crippen molar-refractivity contribution < 1.29 is 9.18 Å². The molecule has 2 nitrogen and oxygen atoms in total. The first-order valence-corrected chi connectivity index (χ1v) is 5.52. The molecule has 1 amide bonds. The van der Waals surface area contributed by atoms with Gasteiger partial charge in [0.1, 0.15) is 5.82 Å². The molecule has 0 spiro atoms. The number of hydrogen-bond donors (Lipinski definition) is 1. The van der Waals surface area contributed by atoms with Gasteiger partial charge < -0.3 is 5.32 Å². The lowest BCUT2D eigenvalue weighted by Crippen LogP contribution is -2.13. The van der Waals surface area contributed by atoms with Crippen molar-refractivity contribution in [2.24, 2.45) is 5.92 Å². The molecule has 0 atom stereocenters. The summed E-state index contributed by atoms with van der Waals surface area (Å²) in [6.07, 6.45) is 0.439. The Labute approximate surface area is 97.0 Å². The lowest BCUT2D eigenvalue weighted by molar-refractivity contribution is -0.116. The molecular weight excluding hydrogens is 261 g/mol. The monoisotopic (exact) mass is 273 g/mol. The molecule has 1 N–H and O–H groups in total. The second-order valence-corrected chi connectivity index (χ2v) is 4.72. The maximum atomic E-state index is 13.0. The van der Waals surface area contributed by atoms with E-state index in [4.69, 9.17) is 0 Å². The number of halogens is 2. The largest absolute Gasteiger partial charge is 0.326 e. The number of anilines is 1. The molecule has 0 unspecified atom stereocenters. The van der Waals surface area contributed by atoms with Crippen LogP contribution in [-0.4, -0.2) is 5.91 Å². The Kier molecular flexibility index (Phi) is 4.27. The van der Waals surface area contributed by atoms with Crippen LogP contribution in [0, 0.1) is 11.7 Å². The van der Waals surface area contributed by atoms with E-state index in [1.165, 1.54) is 12.1 Å². The van der Waals surface area contributed by atoms with Crippen molar-refractivity contribution in [2.75, 3.05) is 5.32 Å². The van der Waals surface area contributed by atoms with Crippen molar-refractivity contribution in [1.29, 1.82) is 0 Å². The van der Waals surface area contributed by atoms with Gasteiger partial charge in [-0.1, -0.05) is 29.8 Å². The fourth-order valence-corrected chi connectivity index (χ4v) is 1.67. The van der Waals surface area contributed by atoms with Gasteiger partial charge in [-0.2, -0.15) is 0 Å². The smallest absolute Gasteiger partial charge is 0.224 e. The zero-order valence-corrected chi connectivity index (χ0v) is 10.3. The third kappa shape index (κ3) is 4.42. The first kappa shape index (κ1) is 12.2. The van der Waals surface area contributed by atoms with Gasteiger partial charge in [0.2, 0.25) is 5.91 Å². The van der Waals surface area contributed by atoms with Crippen LogP contribution >= 0.6 is 15.9 Å². The van der Waals surface area contributed by atoms with Gasteiger partial charge in [0.05, 0.1) is 0 Å². The number of hydrogen-bond acceptors (Lipinski definition) is 1. The predicted octanol–water partition coefficient (Wildman–Crippen LogP) is 3.57. The Morgan fingerprint density at radius 1 is 1.47 bits per heavy atom. The number of amides is 1. The summed E-state index contributed by atoms with van der Waals surface area (Å²) in [4.78, 5) is 11.4. The zero-order valence-electron chi connectivity index (χ0n) is 8.68. The van der Waals surface area contributed by atoms with E-state index in [1.54, 1.807) is 6.07 Å². The molecule has 0 heterocycles. The van der Waals surface area contributed by atoms with E-state index < -0.39 is 0 Å². The van der Waals surface area contributed by atoms with Gasteiger partial charge in [0.15, 0.2) is 0 Å². The van der Waals surface area contributed by atoms with Crippen LogP contribution in [0.2, 0.25) is 0 Å². The van der Waals surface area contributed by atoms with Gasteiger partial charge in [-0.05, 0) is 24.1 Å². The van der Waals surface area contributed by atoms with Crippen LogP contribution in [-0.2, 0) is 4.79 Å². The average Bonchev–Trinajstić information content (AvgIpc) is 1.98. The standard InChI is InChI=1S/C11H13BrFNO/c1-7(2)3-11(15)14-10-5-8(12)4-9(13)6-10/h4-7H,3H2,1-2H3,(H,14,15). The molecule has 0 radical (unpaired) electrons. The molecule has 82 valence electrons. The zero-order chi connectivity index (χ0) is 11.4. The predicted molar refractivity (Wildman–Crippen MR) is 62.2 cm³/mol. The van der Waals surface area contributed by atoms with E-state index in [2.05, 4.69) is 21.2 Å². The number of benzene rings is 1. The minimum Gasteiger partial charge on any atom is -0.326 e. The lowest BCUT2D eigenvalue weighted by atomic mass is 10.1. The van der Waals surface area contributed by atoms with Crippen molar-refractivity contribution >= 4 is 27.5 Å². The third-order valence-corrected chi connectivity index (χ3v) is 2.20. The molecule has 0 fully saturated rings. The highest BCUT2D eigenvalue weighted by atomic mass is 79.9. The lowest BCUT2D eigenvalue weighted by Gasteiger charge is -2.07. The number of rotatable bonds is 3. The second-order valence-electron chi connectivity index (χ2n) is 3.80. The van der Waals surface area contributed by atoms with Gasteiger partial charge in [-0.15, -0.1) is 0 Å². The van der Waals surface area contributed by atoms with Crippen LogP contribution in [0.3, 0.4) is 0 Å². The molecule has 1 aromatic carbocycles. The topological polar surface area (TPSA) is 29.1 Å². The van der Waals surface area contributed by atoms with Crippen LogP contribution in [0.4, 0.5) is 10.1 Å². The number of carbonyl (C=O) groups is 1. The molecule has 0 saturated heterocycles. The van der Waals surface area contributed by atoms with Crippen molar-refractivity contribution in [3.63, 3.8) is 0 Å². The average molecular weight is 274 g/mol. The fourth-order valence-electron chi connectivity index (χ4n) is 1.21. The summed E-state index contributed by atoms with van der Waals surface area (Å²) in [5.74, 6) is -0.172. The van der Waals surface area contributed by atoms with Gasteiger partial charge in [-0.25, -0.2) is 4.39 Å². The van der Waals surface area contributed by atoms with Crippen LogP contribution in [0.1, 0.15) is 20.3 Å². The Hall–Kier alpha value is -0.900. The molecule has 15 heavy (non-hydrogen) atoms. The highest BCUT2D eigenvalue weighted by Crippen LogP contribution is 2.19. The van der Waals surface area contributed by atoms with Crippen LogP contribution in [0.5, 0.6) is 0 Å². The second kappa shape index (κ2) is 5.26. The van der Waals surface area contributed by atoms with Crippen molar-refractivity contribution in [2.45, 2.75) is 20.3 Å². The molecule has 0 aromatic heterocycles. The first-order valence-electron chi connectivity index (χ1n) is 4.73. The SMILES string of the molecule is CC(C)CC(=O)Nc1cc(F)cc(Br)c1. The summed E-state index contributed by atoms with van der Waals surface area (Å²) in [7, 11) is 0. The maximum Gasteiger partial charge on any atom is 0.224 e. The van der Waals surface area contributed by atoms with Gasteiger partial charge in [0.25, 0.3) is 0 Å². The summed E-state index contributed by atoms with van der Waals surface area (Å²) in [6, 6.07) is 4.31. The summed E-state index contributed by atoms with van der Waals surface area (Å²) < 4.78 is 13.6. The molecule has 4 heteroatoms. The number of nitrogens with one attached hydrogen (secondary N) is 1. The summed E-state index contributed by atoms with van der Waals surface area (Å²) >= 11 is 3.16. The van der Waals surface area contributed by atoms with Gasteiger partial charge in [-0.3, -0.25) is 4.79 Å². The fraction of sp³-hybridized carbons (Fsp3) is 0.364. The molecule has 1 rings (SSSR count). The van der Waals surface area contributed by atoms with Crippen molar-refractivity contribution in [3.05, 3.63) is 28.5 Å². The van der Waals surface area contributed by atoms with Crippen molar-refractivity contribution in [1.82, 2.24) is 0 Å². The molecule has 1 aromatic rings. The van der Waals surface area contributed by atoms with E-state index in [-0.39, 0.29) is 11.7 Å². The van der Waals surface area contributed by atoms with E-state index in [9.17, 15) is 9.18 Å². The summed E-state index contributed by atoms with van der Waals surface area (Å²) in [5.41, 5.74) is 0.479. The highest BCUT2D eigenvalue weighted by molar-refractivity contribution is 9.10. The first-order chi connectivity index (χ1) is 6.97. The highest BCUT2D eigenvalue weighted by Gasteiger charge is 2.06. The van der Waals surface area contributed by atoms with Crippen LogP contribution < -0.4 is 5.32 Å². The molecule has 0 saturated carbocycles. The van der Waals surface area contributed by atoms with Crippen molar-refractivity contribution in [3.8, 4) is 0 Å². The minimum absolute atomic E-state index is 0.0949. The van der Waals surface area contributed by atoms with Crippen LogP contribution in [0.25, 0.3) is 0 Å². The molecule has 0 aliphatic carbocycles. The summed E-state index contributed by atoms with van der Waals surface area (Å²) in [6.45, 7) is 3.92. The quantitative estimate of drug-likeness (QED) is 0.896. The van der Waals surface area contributed by atoms with Gasteiger partial charge >= 0.3 is 0 Å². The normalized spacial score (nSPS) is 10.5. The van der Waals surface area contributed by atoms with Crippen LogP contribution in [0.15, 0.2) is 22.7 Å². The Morgan fingerprint density at radius 3 is 2.67 bits per heavy atom. The Morgan fingerprint density at radius 2 is 2.13 bits per heavy atom. The minimum atomic E-state index is -0.371. The van der Waals surface area contributed by atoms with E-state index in [1.807, 2.05) is 13.8 Å². The molecule has 0 aliphatic rings. The molecule has 0 aliphatic heterocycles. The number of carbonyl (C=O) groups excluding carboxylic acids is 1. The summed E-state index contributed by atoms with van der Waals surface area (Å²) in [5, 5.41) is 2.65. The van der Waals surface area contributed by atoms with E-state index in [0.717, 1.165) is 0 Å². The molecule has 0 bridgehead atoms.